The van der Waals surface area contributed by atoms with Crippen LogP contribution in [0.3, 0.4) is 0 Å². The highest BCUT2D eigenvalue weighted by molar-refractivity contribution is 5.99. The van der Waals surface area contributed by atoms with E-state index in [9.17, 15) is 14.4 Å². The lowest BCUT2D eigenvalue weighted by molar-refractivity contribution is -0.141. The summed E-state index contributed by atoms with van der Waals surface area (Å²) < 4.78 is 12.1. The molecule has 8 nitrogen and oxygen atoms in total. The zero-order chi connectivity index (χ0) is 21.8. The molecule has 0 bridgehead atoms. The summed E-state index contributed by atoms with van der Waals surface area (Å²) >= 11 is 0. The molecule has 1 aromatic carbocycles. The Hall–Kier alpha value is -3.68. The van der Waals surface area contributed by atoms with Crippen molar-refractivity contribution in [3.63, 3.8) is 0 Å². The molecule has 0 spiro atoms. The van der Waals surface area contributed by atoms with Crippen molar-refractivity contribution >= 4 is 23.3 Å². The zero-order valence-electron chi connectivity index (χ0n) is 17.3. The van der Waals surface area contributed by atoms with E-state index in [4.69, 9.17) is 9.26 Å². The second-order valence-corrected chi connectivity index (χ2v) is 7.05. The maximum atomic E-state index is 12.6. The minimum atomic E-state index is -0.503. The van der Waals surface area contributed by atoms with Gasteiger partial charge in [0.2, 0.25) is 11.7 Å². The van der Waals surface area contributed by atoms with Crippen LogP contribution in [-0.2, 0) is 20.7 Å². The molecule has 3 aromatic rings. The zero-order valence-corrected chi connectivity index (χ0v) is 17.3. The van der Waals surface area contributed by atoms with Crippen molar-refractivity contribution in [2.75, 3.05) is 11.9 Å². The molecule has 30 heavy (non-hydrogen) atoms. The minimum absolute atomic E-state index is 0.0326. The number of anilines is 1. The average molecular weight is 409 g/mol. The van der Waals surface area contributed by atoms with Gasteiger partial charge in [0.25, 0.3) is 0 Å². The Kier molecular flexibility index (Phi) is 6.15. The number of Topliss-reactive ketones (excluding diaryl/α,β-unsaturated/α-hetero) is 1. The molecular formula is C22H23N3O5. The van der Waals surface area contributed by atoms with Gasteiger partial charge in [-0.05, 0) is 44.5 Å². The fourth-order valence-corrected chi connectivity index (χ4v) is 3.21. The topological polar surface area (TPSA) is 103 Å². The van der Waals surface area contributed by atoms with Crippen LogP contribution in [0.25, 0.3) is 5.82 Å². The summed E-state index contributed by atoms with van der Waals surface area (Å²) in [4.78, 5) is 35.8. The predicted molar refractivity (Wildman–Crippen MR) is 110 cm³/mol. The van der Waals surface area contributed by atoms with Gasteiger partial charge in [-0.1, -0.05) is 17.3 Å². The van der Waals surface area contributed by atoms with Crippen molar-refractivity contribution in [3.8, 4) is 5.82 Å². The van der Waals surface area contributed by atoms with Gasteiger partial charge in [0, 0.05) is 35.6 Å². The molecule has 0 saturated carbocycles. The number of aryl methyl sites for hydroxylation is 2. The number of nitrogens with zero attached hydrogens (tertiary/aromatic N) is 2. The van der Waals surface area contributed by atoms with Crippen molar-refractivity contribution in [1.82, 2.24) is 9.72 Å². The number of rotatable bonds is 7. The Morgan fingerprint density at radius 2 is 1.80 bits per heavy atom. The second-order valence-electron chi connectivity index (χ2n) is 7.05. The van der Waals surface area contributed by atoms with Crippen LogP contribution in [0.1, 0.15) is 40.0 Å². The van der Waals surface area contributed by atoms with Crippen LogP contribution in [0.4, 0.5) is 5.69 Å². The van der Waals surface area contributed by atoms with Crippen molar-refractivity contribution in [1.29, 1.82) is 0 Å². The summed E-state index contributed by atoms with van der Waals surface area (Å²) in [5.41, 5.74) is 3.37. The summed E-state index contributed by atoms with van der Waals surface area (Å²) in [5, 5.41) is 6.65. The molecule has 2 aromatic heterocycles. The largest absolute Gasteiger partial charge is 0.457 e. The Balaban J connectivity index is 1.60. The van der Waals surface area contributed by atoms with Crippen LogP contribution in [0.5, 0.6) is 0 Å². The third kappa shape index (κ3) is 4.83. The molecule has 0 saturated heterocycles. The van der Waals surface area contributed by atoms with Crippen LogP contribution in [0.2, 0.25) is 0 Å². The average Bonchev–Trinajstić information content (AvgIpc) is 3.23. The number of benzene rings is 1. The molecular weight excluding hydrogens is 386 g/mol. The van der Waals surface area contributed by atoms with Crippen molar-refractivity contribution in [3.05, 3.63) is 64.7 Å². The van der Waals surface area contributed by atoms with Crippen LogP contribution in [0, 0.1) is 20.8 Å². The highest BCUT2D eigenvalue weighted by Crippen LogP contribution is 2.21. The molecule has 0 atom stereocenters. The van der Waals surface area contributed by atoms with E-state index >= 15 is 0 Å². The number of aromatic nitrogens is 2. The number of ketones is 1. The quantitative estimate of drug-likeness (QED) is 0.474. The molecule has 0 fully saturated rings. The fourth-order valence-electron chi connectivity index (χ4n) is 3.21. The highest BCUT2D eigenvalue weighted by Gasteiger charge is 2.19. The molecule has 1 amide bonds. The minimum Gasteiger partial charge on any atom is -0.457 e. The van der Waals surface area contributed by atoms with E-state index in [0.717, 1.165) is 11.3 Å². The van der Waals surface area contributed by atoms with Crippen LogP contribution >= 0.6 is 0 Å². The molecule has 156 valence electrons. The third-order valence-electron chi connectivity index (χ3n) is 4.56. The van der Waals surface area contributed by atoms with E-state index in [1.165, 1.54) is 6.92 Å². The summed E-state index contributed by atoms with van der Waals surface area (Å²) in [5.74, 6) is 0.310. The number of esters is 1. The number of ether oxygens (including phenoxy) is 1. The number of hydrogen-bond acceptors (Lipinski definition) is 6. The first-order chi connectivity index (χ1) is 14.2. The van der Waals surface area contributed by atoms with Gasteiger partial charge in [-0.3, -0.25) is 19.0 Å². The van der Waals surface area contributed by atoms with Gasteiger partial charge in [-0.2, -0.15) is 0 Å². The third-order valence-corrected chi connectivity index (χ3v) is 4.56. The maximum Gasteiger partial charge on any atom is 0.310 e. The molecule has 1 N–H and O–H groups in total. The number of amides is 1. The molecule has 0 unspecified atom stereocenters. The van der Waals surface area contributed by atoms with Gasteiger partial charge >= 0.3 is 5.97 Å². The second kappa shape index (κ2) is 8.77. The number of carbonyl (C=O) groups is 3. The van der Waals surface area contributed by atoms with Crippen molar-refractivity contribution in [2.45, 2.75) is 34.1 Å². The molecule has 0 radical (unpaired) electrons. The molecule has 0 aliphatic carbocycles. The first-order valence-electron chi connectivity index (χ1n) is 9.42. The lowest BCUT2D eigenvalue weighted by Gasteiger charge is -2.07. The number of carbonyl (C=O) groups excluding carboxylic acids is 3. The SMILES string of the molecule is CC(=O)Nc1ccc(CC(=O)OCC(=O)c2cc(C)n(-c3cc(C)on3)c2C)cc1. The van der Waals surface area contributed by atoms with Gasteiger partial charge in [0.05, 0.1) is 6.42 Å². The van der Waals surface area contributed by atoms with E-state index in [-0.39, 0.29) is 24.7 Å². The maximum absolute atomic E-state index is 12.6. The van der Waals surface area contributed by atoms with Crippen molar-refractivity contribution < 1.29 is 23.6 Å². The van der Waals surface area contributed by atoms with Gasteiger partial charge in [-0.15, -0.1) is 0 Å². The first-order valence-corrected chi connectivity index (χ1v) is 9.42. The Bertz CT molecular complexity index is 1090. The number of hydrogen-bond donors (Lipinski definition) is 1. The lowest BCUT2D eigenvalue weighted by atomic mass is 10.1. The van der Waals surface area contributed by atoms with E-state index in [2.05, 4.69) is 10.5 Å². The van der Waals surface area contributed by atoms with E-state index in [1.54, 1.807) is 43.3 Å². The lowest BCUT2D eigenvalue weighted by Crippen LogP contribution is -2.16. The molecule has 3 rings (SSSR count). The first kappa shape index (κ1) is 21.0. The summed E-state index contributed by atoms with van der Waals surface area (Å²) in [7, 11) is 0. The van der Waals surface area contributed by atoms with E-state index in [0.29, 0.717) is 28.5 Å². The summed E-state index contributed by atoms with van der Waals surface area (Å²) in [6.07, 6.45) is 0.0326. The Morgan fingerprint density at radius 1 is 1.10 bits per heavy atom. The Labute approximate surface area is 173 Å². The van der Waals surface area contributed by atoms with Crippen molar-refractivity contribution in [2.24, 2.45) is 0 Å². The molecule has 2 heterocycles. The number of nitrogens with one attached hydrogen (secondary N) is 1. The molecule has 0 aliphatic heterocycles. The van der Waals surface area contributed by atoms with Gasteiger partial charge in [0.1, 0.15) is 5.76 Å². The van der Waals surface area contributed by atoms with Crippen LogP contribution < -0.4 is 5.32 Å². The van der Waals surface area contributed by atoms with Gasteiger partial charge < -0.3 is 14.6 Å². The molecule has 8 heteroatoms. The van der Waals surface area contributed by atoms with E-state index < -0.39 is 5.97 Å². The van der Waals surface area contributed by atoms with Crippen LogP contribution in [-0.4, -0.2) is 34.0 Å². The Morgan fingerprint density at radius 3 is 2.40 bits per heavy atom. The monoisotopic (exact) mass is 409 g/mol. The van der Waals surface area contributed by atoms with Gasteiger partial charge in [0.15, 0.2) is 12.4 Å². The van der Waals surface area contributed by atoms with E-state index in [1.807, 2.05) is 18.4 Å². The normalized spacial score (nSPS) is 10.7. The van der Waals surface area contributed by atoms with Crippen LogP contribution in [0.15, 0.2) is 40.9 Å². The predicted octanol–water partition coefficient (Wildman–Crippen LogP) is 3.32. The van der Waals surface area contributed by atoms with Gasteiger partial charge in [-0.25, -0.2) is 0 Å². The highest BCUT2D eigenvalue weighted by atomic mass is 16.5. The summed E-state index contributed by atoms with van der Waals surface area (Å²) in [6, 6.07) is 10.4. The smallest absolute Gasteiger partial charge is 0.310 e. The fraction of sp³-hybridized carbons (Fsp3) is 0.273. The summed E-state index contributed by atoms with van der Waals surface area (Å²) in [6.45, 7) is 6.55. The molecule has 0 aliphatic rings. The standard InChI is InChI=1S/C22H23N3O5/c1-13-9-19(15(3)25(13)21-10-14(2)30-24-21)20(27)12-29-22(28)11-17-5-7-18(8-6-17)23-16(4)26/h5-10H,11-12H2,1-4H3,(H,23,26).